The van der Waals surface area contributed by atoms with Gasteiger partial charge in [-0.25, -0.2) is 0 Å². The summed E-state index contributed by atoms with van der Waals surface area (Å²) in [6, 6.07) is 54.5. The van der Waals surface area contributed by atoms with Crippen molar-refractivity contribution in [2.45, 2.75) is 32.1 Å². The number of aromatic nitrogens is 2. The summed E-state index contributed by atoms with van der Waals surface area (Å²) in [4.78, 5) is 11.0. The van der Waals surface area contributed by atoms with Crippen LogP contribution in [0.4, 0.5) is 0 Å². The molecule has 0 saturated heterocycles. The molecule has 2 aliphatic carbocycles. The number of hydrogen-bond acceptors (Lipinski definition) is 3. The third kappa shape index (κ3) is 5.03. The summed E-state index contributed by atoms with van der Waals surface area (Å²) in [6.45, 7) is 4.76. The van der Waals surface area contributed by atoms with Crippen molar-refractivity contribution in [3.63, 3.8) is 0 Å². The van der Waals surface area contributed by atoms with E-state index in [1.54, 1.807) is 12.4 Å². The van der Waals surface area contributed by atoms with Crippen molar-refractivity contribution >= 4 is 60.1 Å². The predicted molar refractivity (Wildman–Crippen MR) is 247 cm³/mol. The topological polar surface area (TPSA) is 25.8 Å². The second-order valence-electron chi connectivity index (χ2n) is 16.4. The smallest absolute Gasteiger partial charge is 0.0971 e. The maximum atomic E-state index is 4.83. The van der Waals surface area contributed by atoms with Crippen molar-refractivity contribution in [2.75, 3.05) is 0 Å². The molecule has 0 amide bonds. The molecule has 2 aliphatic rings. The third-order valence-corrected chi connectivity index (χ3v) is 14.1. The number of allylic oxidation sites excluding steroid dienone is 1. The molecule has 10 aromatic rings. The quantitative estimate of drug-likeness (QED) is 0.167. The SMILES string of the molecule is CC1(C)c2cc(-c3cccc(-c4cccc(-c5cccc6c7c(sc56)C=CCC7)c4)c3)ccc2-c2ccc(-c3ccc4c5ccccc5c5nccnc5c4c3)cc21. The van der Waals surface area contributed by atoms with Gasteiger partial charge in [-0.2, -0.15) is 0 Å². The lowest BCUT2D eigenvalue weighted by Crippen LogP contribution is -2.15. The Bertz CT molecular complexity index is 3350. The molecule has 58 heavy (non-hydrogen) atoms. The van der Waals surface area contributed by atoms with Gasteiger partial charge in [0.15, 0.2) is 0 Å². The van der Waals surface area contributed by atoms with Gasteiger partial charge in [0, 0.05) is 38.2 Å². The number of thiophene rings is 1. The van der Waals surface area contributed by atoms with Gasteiger partial charge in [0.1, 0.15) is 0 Å². The molecule has 0 saturated carbocycles. The molecule has 274 valence electrons. The van der Waals surface area contributed by atoms with Crippen LogP contribution in [-0.2, 0) is 11.8 Å². The van der Waals surface area contributed by atoms with E-state index in [0.29, 0.717) is 0 Å². The van der Waals surface area contributed by atoms with Gasteiger partial charge in [-0.15, -0.1) is 11.3 Å². The number of hydrogen-bond donors (Lipinski definition) is 0. The number of aryl methyl sites for hydroxylation is 1. The molecule has 12 rings (SSSR count). The van der Waals surface area contributed by atoms with Gasteiger partial charge in [-0.3, -0.25) is 9.97 Å². The summed E-state index contributed by atoms with van der Waals surface area (Å²) in [7, 11) is 0. The van der Waals surface area contributed by atoms with Crippen molar-refractivity contribution in [3.05, 3.63) is 186 Å². The molecule has 0 bridgehead atoms. The summed E-state index contributed by atoms with van der Waals surface area (Å²) < 4.78 is 1.40. The minimum atomic E-state index is -0.161. The molecule has 0 spiro atoms. The van der Waals surface area contributed by atoms with Gasteiger partial charge < -0.3 is 0 Å². The van der Waals surface area contributed by atoms with Crippen molar-refractivity contribution in [1.82, 2.24) is 9.97 Å². The summed E-state index contributed by atoms with van der Waals surface area (Å²) in [5, 5.41) is 6.11. The fourth-order valence-electron chi connectivity index (χ4n) is 9.88. The average molecular weight is 759 g/mol. The van der Waals surface area contributed by atoms with Crippen molar-refractivity contribution in [3.8, 4) is 55.6 Å². The zero-order valence-corrected chi connectivity index (χ0v) is 33.2. The Morgan fingerprint density at radius 2 is 1.02 bits per heavy atom. The van der Waals surface area contributed by atoms with E-state index < -0.39 is 0 Å². The standard InChI is InChI=1S/C55H38N2S/c1-55(2)49-31-37(34-11-7-10-33(28-34)35-12-8-13-39(29-35)40-17-9-18-47-45-15-5-6-19-51(45)58-54(40)47)21-24-43(49)44-25-22-38(32-50(44)55)36-20-23-42-41-14-3-4-16-46(41)52-53(48(42)30-36)57-27-26-56-52/h3-4,6-14,16-32H,5,15H2,1-2H3. The van der Waals surface area contributed by atoms with Crippen LogP contribution >= 0.6 is 11.3 Å². The first-order chi connectivity index (χ1) is 28.5. The predicted octanol–water partition coefficient (Wildman–Crippen LogP) is 15.1. The van der Waals surface area contributed by atoms with Crippen molar-refractivity contribution in [1.29, 1.82) is 0 Å². The molecule has 0 atom stereocenters. The van der Waals surface area contributed by atoms with Gasteiger partial charge in [-0.1, -0.05) is 135 Å². The van der Waals surface area contributed by atoms with E-state index in [1.807, 2.05) is 11.3 Å². The van der Waals surface area contributed by atoms with E-state index in [1.165, 1.54) is 98.1 Å². The molecular formula is C55H38N2S. The van der Waals surface area contributed by atoms with Crippen LogP contribution in [0.3, 0.4) is 0 Å². The lowest BCUT2D eigenvalue weighted by Gasteiger charge is -2.23. The number of fused-ring (bicyclic) bond motifs is 12. The average Bonchev–Trinajstić information content (AvgIpc) is 3.78. The van der Waals surface area contributed by atoms with E-state index >= 15 is 0 Å². The minimum Gasteiger partial charge on any atom is -0.252 e. The molecule has 0 fully saturated rings. The van der Waals surface area contributed by atoms with Crippen LogP contribution in [-0.4, -0.2) is 9.97 Å². The minimum absolute atomic E-state index is 0.161. The summed E-state index contributed by atoms with van der Waals surface area (Å²) in [5.41, 5.74) is 18.6. The molecule has 8 aromatic carbocycles. The first-order valence-electron chi connectivity index (χ1n) is 20.3. The first-order valence-corrected chi connectivity index (χ1v) is 21.1. The Balaban J connectivity index is 0.890. The van der Waals surface area contributed by atoms with E-state index in [-0.39, 0.29) is 5.41 Å². The van der Waals surface area contributed by atoms with Crippen LogP contribution in [0.5, 0.6) is 0 Å². The highest BCUT2D eigenvalue weighted by atomic mass is 32.1. The van der Waals surface area contributed by atoms with Gasteiger partial charge in [0.05, 0.1) is 11.0 Å². The molecule has 0 aliphatic heterocycles. The van der Waals surface area contributed by atoms with E-state index in [9.17, 15) is 0 Å². The van der Waals surface area contributed by atoms with Gasteiger partial charge in [0.25, 0.3) is 0 Å². The van der Waals surface area contributed by atoms with E-state index in [4.69, 9.17) is 9.97 Å². The molecule has 3 heteroatoms. The second kappa shape index (κ2) is 12.7. The number of rotatable bonds is 4. The summed E-state index contributed by atoms with van der Waals surface area (Å²) >= 11 is 1.94. The highest BCUT2D eigenvalue weighted by molar-refractivity contribution is 7.20. The van der Waals surface area contributed by atoms with E-state index in [2.05, 4.69) is 172 Å². The molecular weight excluding hydrogens is 721 g/mol. The highest BCUT2D eigenvalue weighted by Crippen LogP contribution is 2.51. The van der Waals surface area contributed by atoms with Crippen LogP contribution in [0.2, 0.25) is 0 Å². The zero-order chi connectivity index (χ0) is 38.5. The van der Waals surface area contributed by atoms with Gasteiger partial charge in [-0.05, 0) is 138 Å². The molecule has 0 radical (unpaired) electrons. The Kier molecular flexibility index (Phi) is 7.30. The monoisotopic (exact) mass is 758 g/mol. The number of nitrogens with zero attached hydrogens (tertiary/aromatic N) is 2. The maximum absolute atomic E-state index is 4.83. The Morgan fingerprint density at radius 1 is 0.466 bits per heavy atom. The Morgan fingerprint density at radius 3 is 1.74 bits per heavy atom. The molecule has 2 heterocycles. The zero-order valence-electron chi connectivity index (χ0n) is 32.4. The molecule has 2 nitrogen and oxygen atoms in total. The van der Waals surface area contributed by atoms with Gasteiger partial charge in [0.2, 0.25) is 0 Å². The number of benzene rings is 8. The fourth-order valence-corrected chi connectivity index (χ4v) is 11.2. The lowest BCUT2D eigenvalue weighted by molar-refractivity contribution is 0.661. The van der Waals surface area contributed by atoms with Crippen LogP contribution in [0.25, 0.3) is 104 Å². The maximum Gasteiger partial charge on any atom is 0.0971 e. The summed E-state index contributed by atoms with van der Waals surface area (Å²) in [6.07, 6.45) is 10.5. The van der Waals surface area contributed by atoms with Crippen LogP contribution in [0, 0.1) is 0 Å². The van der Waals surface area contributed by atoms with Crippen LogP contribution in [0.1, 0.15) is 41.8 Å². The van der Waals surface area contributed by atoms with Crippen molar-refractivity contribution < 1.29 is 0 Å². The first kappa shape index (κ1) is 33.5. The Hall–Kier alpha value is -6.68. The normalized spacial score (nSPS) is 14.0. The third-order valence-electron chi connectivity index (χ3n) is 12.8. The Labute approximate surface area is 341 Å². The van der Waals surface area contributed by atoms with Crippen molar-refractivity contribution in [2.24, 2.45) is 0 Å². The van der Waals surface area contributed by atoms with Crippen LogP contribution < -0.4 is 0 Å². The summed E-state index contributed by atoms with van der Waals surface area (Å²) in [5.74, 6) is 0. The molecule has 0 unspecified atom stereocenters. The highest BCUT2D eigenvalue weighted by Gasteiger charge is 2.36. The fraction of sp³-hybridized carbons (Fsp3) is 0.0909. The lowest BCUT2D eigenvalue weighted by atomic mass is 9.80. The van der Waals surface area contributed by atoms with Crippen LogP contribution in [0.15, 0.2) is 164 Å². The van der Waals surface area contributed by atoms with Gasteiger partial charge >= 0.3 is 0 Å². The van der Waals surface area contributed by atoms with E-state index in [0.717, 1.165) is 34.6 Å². The molecule has 2 aromatic heterocycles. The molecule has 0 N–H and O–H groups in total. The largest absolute Gasteiger partial charge is 0.252 e. The second-order valence-corrected chi connectivity index (χ2v) is 17.5.